The van der Waals surface area contributed by atoms with Crippen LogP contribution in [0.3, 0.4) is 0 Å². The molecule has 200 valence electrons. The standard InChI is InChI=1S/C33H56OS/c1-8-23(4)20-31(34)35-26-16-18-32(6)25(21-26)12-13-27-29-15-14-28(24(5)11-9-10-22(2)3)33(29,7)19-17-30(27)32/h12,22-24,26-30H,8-11,13-21H2,1-7H3/t23-,24+,26+,27-,28+,29-,30-,32+,33-/m1/s1. The Morgan fingerprint density at radius 2 is 1.80 bits per heavy atom. The number of allylic oxidation sites excluding steroid dienone is 2. The number of fused-ring (bicyclic) bond motifs is 5. The van der Waals surface area contributed by atoms with Gasteiger partial charge in [-0.05, 0) is 104 Å². The molecule has 0 heterocycles. The fraction of sp³-hybridized carbons (Fsp3) is 0.909. The number of hydrogen-bond acceptors (Lipinski definition) is 2. The Bertz CT molecular complexity index is 769. The Morgan fingerprint density at radius 3 is 2.51 bits per heavy atom. The molecule has 3 fully saturated rings. The maximum absolute atomic E-state index is 12.6. The molecule has 0 bridgehead atoms. The molecule has 1 nitrogen and oxygen atoms in total. The van der Waals surface area contributed by atoms with Crippen LogP contribution in [0.1, 0.15) is 132 Å². The van der Waals surface area contributed by atoms with E-state index in [-0.39, 0.29) is 0 Å². The summed E-state index contributed by atoms with van der Waals surface area (Å²) in [6.45, 7) is 17.1. The van der Waals surface area contributed by atoms with E-state index in [2.05, 4.69) is 54.5 Å². The van der Waals surface area contributed by atoms with Gasteiger partial charge in [0.25, 0.3) is 0 Å². The molecule has 0 amide bonds. The molecule has 4 aliphatic rings. The zero-order valence-electron chi connectivity index (χ0n) is 24.2. The van der Waals surface area contributed by atoms with Crippen LogP contribution in [0.4, 0.5) is 0 Å². The average molecular weight is 501 g/mol. The third kappa shape index (κ3) is 5.63. The van der Waals surface area contributed by atoms with Gasteiger partial charge in [0.05, 0.1) is 0 Å². The molecule has 0 radical (unpaired) electrons. The van der Waals surface area contributed by atoms with Crippen molar-refractivity contribution < 1.29 is 4.79 Å². The summed E-state index contributed by atoms with van der Waals surface area (Å²) in [5.74, 6) is 5.96. The van der Waals surface area contributed by atoms with Gasteiger partial charge in [-0.15, -0.1) is 0 Å². The lowest BCUT2D eigenvalue weighted by atomic mass is 9.47. The van der Waals surface area contributed by atoms with E-state index in [0.29, 0.717) is 27.1 Å². The molecule has 35 heavy (non-hydrogen) atoms. The highest BCUT2D eigenvalue weighted by atomic mass is 32.2. The first-order chi connectivity index (χ1) is 16.6. The minimum absolute atomic E-state index is 0.405. The molecule has 0 N–H and O–H groups in total. The van der Waals surface area contributed by atoms with E-state index in [1.54, 1.807) is 17.3 Å². The molecule has 2 heteroatoms. The molecular weight excluding hydrogens is 444 g/mol. The predicted molar refractivity (Wildman–Crippen MR) is 154 cm³/mol. The normalized spacial score (nSPS) is 40.5. The second-order valence-electron chi connectivity index (χ2n) is 14.4. The van der Waals surface area contributed by atoms with Gasteiger partial charge in [0.2, 0.25) is 0 Å². The second kappa shape index (κ2) is 11.2. The first-order valence-corrected chi connectivity index (χ1v) is 16.3. The molecule has 4 aliphatic carbocycles. The molecule has 3 saturated carbocycles. The van der Waals surface area contributed by atoms with Gasteiger partial charge in [0.15, 0.2) is 5.12 Å². The molecule has 0 aliphatic heterocycles. The summed E-state index contributed by atoms with van der Waals surface area (Å²) >= 11 is 1.69. The van der Waals surface area contributed by atoms with E-state index in [1.807, 2.05) is 0 Å². The maximum Gasteiger partial charge on any atom is 0.189 e. The number of carbonyl (C=O) groups excluding carboxylic acids is 1. The molecule has 0 aromatic heterocycles. The zero-order valence-corrected chi connectivity index (χ0v) is 25.0. The molecule has 0 aromatic carbocycles. The largest absolute Gasteiger partial charge is 0.287 e. The molecule has 0 unspecified atom stereocenters. The fourth-order valence-electron chi connectivity index (χ4n) is 9.42. The van der Waals surface area contributed by atoms with Crippen molar-refractivity contribution in [2.45, 2.75) is 137 Å². The lowest BCUT2D eigenvalue weighted by Crippen LogP contribution is -2.50. The van der Waals surface area contributed by atoms with Crippen molar-refractivity contribution >= 4 is 16.9 Å². The van der Waals surface area contributed by atoms with Crippen molar-refractivity contribution in [2.75, 3.05) is 0 Å². The molecular formula is C33H56OS. The Hall–Kier alpha value is -0.240. The van der Waals surface area contributed by atoms with Gasteiger partial charge in [0.1, 0.15) is 0 Å². The van der Waals surface area contributed by atoms with Gasteiger partial charge < -0.3 is 0 Å². The third-order valence-corrected chi connectivity index (χ3v) is 12.9. The molecule has 0 aromatic rings. The highest BCUT2D eigenvalue weighted by Crippen LogP contribution is 2.67. The summed E-state index contributed by atoms with van der Waals surface area (Å²) in [5.41, 5.74) is 2.72. The third-order valence-electron chi connectivity index (χ3n) is 11.8. The van der Waals surface area contributed by atoms with Crippen LogP contribution in [0.2, 0.25) is 0 Å². The van der Waals surface area contributed by atoms with Crippen LogP contribution in [0.25, 0.3) is 0 Å². The van der Waals surface area contributed by atoms with E-state index < -0.39 is 0 Å². The van der Waals surface area contributed by atoms with Crippen LogP contribution in [0.5, 0.6) is 0 Å². The summed E-state index contributed by atoms with van der Waals surface area (Å²) in [5, 5.41) is 0.967. The zero-order chi connectivity index (χ0) is 25.4. The summed E-state index contributed by atoms with van der Waals surface area (Å²) in [6, 6.07) is 0. The summed E-state index contributed by atoms with van der Waals surface area (Å²) in [7, 11) is 0. The fourth-order valence-corrected chi connectivity index (χ4v) is 10.7. The van der Waals surface area contributed by atoms with Crippen molar-refractivity contribution in [1.82, 2.24) is 0 Å². The Labute approximate surface area is 222 Å². The number of carbonyl (C=O) groups is 1. The highest BCUT2D eigenvalue weighted by Gasteiger charge is 2.59. The predicted octanol–water partition coefficient (Wildman–Crippen LogP) is 10.1. The number of rotatable bonds is 9. The second-order valence-corrected chi connectivity index (χ2v) is 15.7. The Morgan fingerprint density at radius 1 is 1.03 bits per heavy atom. The van der Waals surface area contributed by atoms with Gasteiger partial charge in [-0.3, -0.25) is 4.79 Å². The lowest BCUT2D eigenvalue weighted by molar-refractivity contribution is -0.111. The summed E-state index contributed by atoms with van der Waals surface area (Å²) in [4.78, 5) is 12.6. The molecule has 9 atom stereocenters. The topological polar surface area (TPSA) is 17.1 Å². The van der Waals surface area contributed by atoms with Crippen molar-refractivity contribution in [3.05, 3.63) is 11.6 Å². The van der Waals surface area contributed by atoms with E-state index >= 15 is 0 Å². The van der Waals surface area contributed by atoms with Crippen molar-refractivity contribution in [2.24, 2.45) is 52.3 Å². The highest BCUT2D eigenvalue weighted by molar-refractivity contribution is 8.14. The molecule has 0 spiro atoms. The van der Waals surface area contributed by atoms with Crippen LogP contribution in [-0.2, 0) is 4.79 Å². The first-order valence-electron chi connectivity index (χ1n) is 15.5. The van der Waals surface area contributed by atoms with Crippen molar-refractivity contribution in [3.63, 3.8) is 0 Å². The summed E-state index contributed by atoms with van der Waals surface area (Å²) in [6.07, 6.45) is 19.8. The quantitative estimate of drug-likeness (QED) is 0.293. The minimum Gasteiger partial charge on any atom is -0.287 e. The van der Waals surface area contributed by atoms with Gasteiger partial charge in [-0.2, -0.15) is 0 Å². The van der Waals surface area contributed by atoms with E-state index in [0.717, 1.165) is 48.3 Å². The smallest absolute Gasteiger partial charge is 0.189 e. The van der Waals surface area contributed by atoms with Crippen LogP contribution >= 0.6 is 11.8 Å². The Balaban J connectivity index is 1.41. The van der Waals surface area contributed by atoms with Crippen molar-refractivity contribution in [3.8, 4) is 0 Å². The van der Waals surface area contributed by atoms with Crippen LogP contribution in [-0.4, -0.2) is 10.4 Å². The van der Waals surface area contributed by atoms with E-state index in [1.165, 1.54) is 70.6 Å². The van der Waals surface area contributed by atoms with E-state index in [4.69, 9.17) is 0 Å². The van der Waals surface area contributed by atoms with Crippen LogP contribution in [0, 0.1) is 52.3 Å². The molecule has 4 rings (SSSR count). The minimum atomic E-state index is 0.405. The number of thioether (sulfide) groups is 1. The van der Waals surface area contributed by atoms with Crippen LogP contribution < -0.4 is 0 Å². The first kappa shape index (κ1) is 27.8. The maximum atomic E-state index is 12.6. The number of hydrogen-bond donors (Lipinski definition) is 0. The summed E-state index contributed by atoms with van der Waals surface area (Å²) < 4.78 is 0. The van der Waals surface area contributed by atoms with Crippen molar-refractivity contribution in [1.29, 1.82) is 0 Å². The van der Waals surface area contributed by atoms with Gasteiger partial charge >= 0.3 is 0 Å². The van der Waals surface area contributed by atoms with Gasteiger partial charge in [-0.25, -0.2) is 0 Å². The van der Waals surface area contributed by atoms with Crippen LogP contribution in [0.15, 0.2) is 11.6 Å². The lowest BCUT2D eigenvalue weighted by Gasteiger charge is -2.58. The Kier molecular flexibility index (Phi) is 8.93. The molecule has 0 saturated heterocycles. The average Bonchev–Trinajstić information content (AvgIpc) is 3.16. The van der Waals surface area contributed by atoms with Gasteiger partial charge in [0, 0.05) is 11.7 Å². The SMILES string of the molecule is CC[C@@H](C)CC(=O)S[C@H]1CC[C@@]2(C)C(=CC[C@@H]3[C@H]4CC[C@@H]([C@@H](C)CCCC(C)C)[C@@]4(C)CC[C@H]32)C1. The van der Waals surface area contributed by atoms with E-state index in [9.17, 15) is 4.79 Å². The van der Waals surface area contributed by atoms with Gasteiger partial charge in [-0.1, -0.05) is 97.6 Å². The monoisotopic (exact) mass is 500 g/mol.